The zero-order chi connectivity index (χ0) is 13.9. The summed E-state index contributed by atoms with van der Waals surface area (Å²) in [5.41, 5.74) is 0.727. The fourth-order valence-electron chi connectivity index (χ4n) is 1.76. The smallest absolute Gasteiger partial charge is 0.307 e. The van der Waals surface area contributed by atoms with Crippen LogP contribution in [-0.2, 0) is 9.53 Å². The first-order valence-corrected chi connectivity index (χ1v) is 7.35. The first kappa shape index (κ1) is 14.0. The van der Waals surface area contributed by atoms with E-state index >= 15 is 0 Å². The highest BCUT2D eigenvalue weighted by molar-refractivity contribution is 7.99. The van der Waals surface area contributed by atoms with E-state index in [-0.39, 0.29) is 5.97 Å². The lowest BCUT2D eigenvalue weighted by Gasteiger charge is -2.19. The molecule has 0 saturated carbocycles. The van der Waals surface area contributed by atoms with Gasteiger partial charge in [-0.1, -0.05) is 18.2 Å². The van der Waals surface area contributed by atoms with Gasteiger partial charge in [0.2, 0.25) is 0 Å². The van der Waals surface area contributed by atoms with Crippen LogP contribution < -0.4 is 0 Å². The Morgan fingerprint density at radius 2 is 2.05 bits per heavy atom. The van der Waals surface area contributed by atoms with Crippen LogP contribution in [0.4, 0.5) is 0 Å². The minimum Gasteiger partial charge on any atom is -0.460 e. The summed E-state index contributed by atoms with van der Waals surface area (Å²) in [6, 6.07) is 10.3. The van der Waals surface area contributed by atoms with Crippen molar-refractivity contribution in [3.63, 3.8) is 0 Å². The molecule has 0 aliphatic heterocycles. The molecule has 1 aromatic carbocycles. The summed E-state index contributed by atoms with van der Waals surface area (Å²) < 4.78 is 5.27. The number of thioether (sulfide) groups is 1. The van der Waals surface area contributed by atoms with E-state index in [2.05, 4.69) is 17.1 Å². The fourth-order valence-corrected chi connectivity index (χ4v) is 2.64. The summed E-state index contributed by atoms with van der Waals surface area (Å²) >= 11 is 1.64. The van der Waals surface area contributed by atoms with Gasteiger partial charge in [0.05, 0.1) is 11.4 Å². The van der Waals surface area contributed by atoms with Crippen molar-refractivity contribution in [2.75, 3.05) is 5.75 Å². The van der Waals surface area contributed by atoms with Gasteiger partial charge in [-0.15, -0.1) is 11.8 Å². The van der Waals surface area contributed by atoms with Crippen molar-refractivity contribution in [2.45, 2.75) is 37.8 Å². The monoisotopic (exact) mass is 277 g/mol. The van der Waals surface area contributed by atoms with Crippen LogP contribution in [0, 0.1) is 0 Å². The molecular formula is C15H19NO2S. The number of aromatic amines is 1. The van der Waals surface area contributed by atoms with Crippen molar-refractivity contribution < 1.29 is 9.53 Å². The van der Waals surface area contributed by atoms with E-state index in [4.69, 9.17) is 4.74 Å². The number of benzene rings is 1. The Kier molecular flexibility index (Phi) is 4.20. The van der Waals surface area contributed by atoms with Crippen molar-refractivity contribution in [3.05, 3.63) is 30.3 Å². The maximum Gasteiger partial charge on any atom is 0.307 e. The zero-order valence-electron chi connectivity index (χ0n) is 11.5. The molecule has 0 saturated heterocycles. The predicted molar refractivity (Wildman–Crippen MR) is 79.5 cm³/mol. The molecule has 0 unspecified atom stereocenters. The number of hydrogen-bond acceptors (Lipinski definition) is 3. The quantitative estimate of drug-likeness (QED) is 0.678. The number of esters is 1. The number of H-pyrrole nitrogens is 1. The van der Waals surface area contributed by atoms with Crippen molar-refractivity contribution in [3.8, 4) is 0 Å². The lowest BCUT2D eigenvalue weighted by atomic mass is 10.2. The van der Waals surface area contributed by atoms with Crippen LogP contribution in [0.1, 0.15) is 27.2 Å². The largest absolute Gasteiger partial charge is 0.460 e. The van der Waals surface area contributed by atoms with Gasteiger partial charge in [0.1, 0.15) is 5.60 Å². The number of para-hydroxylation sites is 1. The minimum absolute atomic E-state index is 0.142. The summed E-state index contributed by atoms with van der Waals surface area (Å²) in [5.74, 6) is 0.581. The van der Waals surface area contributed by atoms with Crippen LogP contribution in [0.15, 0.2) is 35.4 Å². The summed E-state index contributed by atoms with van der Waals surface area (Å²) in [5, 5.41) is 2.28. The second kappa shape index (κ2) is 5.70. The fraction of sp³-hybridized carbons (Fsp3) is 0.400. The van der Waals surface area contributed by atoms with Crippen molar-refractivity contribution in [1.82, 2.24) is 4.98 Å². The number of carbonyl (C=O) groups is 1. The molecule has 0 aliphatic carbocycles. The SMILES string of the molecule is CC(C)(C)OC(=O)CCSc1cc2ccccc2[nH]1. The molecule has 0 bridgehead atoms. The average molecular weight is 277 g/mol. The van der Waals surface area contributed by atoms with Crippen LogP contribution >= 0.6 is 11.8 Å². The number of aromatic nitrogens is 1. The van der Waals surface area contributed by atoms with Gasteiger partial charge < -0.3 is 9.72 Å². The van der Waals surface area contributed by atoms with Crippen LogP contribution in [0.5, 0.6) is 0 Å². The normalized spacial score (nSPS) is 11.7. The minimum atomic E-state index is -0.400. The molecule has 1 heterocycles. The van der Waals surface area contributed by atoms with E-state index in [1.165, 1.54) is 5.39 Å². The van der Waals surface area contributed by atoms with E-state index in [0.717, 1.165) is 16.3 Å². The number of nitrogens with one attached hydrogen (secondary N) is 1. The number of rotatable bonds is 4. The van der Waals surface area contributed by atoms with E-state index in [1.807, 2.05) is 39.0 Å². The number of hydrogen-bond donors (Lipinski definition) is 1. The molecule has 0 atom stereocenters. The summed E-state index contributed by atoms with van der Waals surface area (Å²) in [7, 11) is 0. The Morgan fingerprint density at radius 3 is 2.74 bits per heavy atom. The van der Waals surface area contributed by atoms with Gasteiger partial charge in [-0.2, -0.15) is 0 Å². The molecule has 0 amide bonds. The lowest BCUT2D eigenvalue weighted by molar-refractivity contribution is -0.154. The maximum absolute atomic E-state index is 11.6. The molecule has 1 N–H and O–H groups in total. The number of carbonyl (C=O) groups excluding carboxylic acids is 1. The Balaban J connectivity index is 1.84. The second-order valence-corrected chi connectivity index (χ2v) is 6.54. The molecule has 2 rings (SSSR count). The van der Waals surface area contributed by atoms with Crippen LogP contribution in [-0.4, -0.2) is 22.3 Å². The van der Waals surface area contributed by atoms with E-state index < -0.39 is 5.60 Å². The van der Waals surface area contributed by atoms with E-state index in [9.17, 15) is 4.79 Å². The van der Waals surface area contributed by atoms with Crippen LogP contribution in [0.3, 0.4) is 0 Å². The van der Waals surface area contributed by atoms with Crippen LogP contribution in [0.25, 0.3) is 10.9 Å². The molecule has 0 radical (unpaired) electrons. The third kappa shape index (κ3) is 4.31. The van der Waals surface area contributed by atoms with Gasteiger partial charge in [0.15, 0.2) is 0 Å². The van der Waals surface area contributed by atoms with Gasteiger partial charge in [-0.05, 0) is 32.9 Å². The van der Waals surface area contributed by atoms with Gasteiger partial charge in [0, 0.05) is 16.7 Å². The van der Waals surface area contributed by atoms with Crippen molar-refractivity contribution >= 4 is 28.6 Å². The number of ether oxygens (including phenoxy) is 1. The van der Waals surface area contributed by atoms with Crippen molar-refractivity contribution in [2.24, 2.45) is 0 Å². The van der Waals surface area contributed by atoms with Crippen molar-refractivity contribution in [1.29, 1.82) is 0 Å². The Labute approximate surface area is 117 Å². The molecule has 4 heteroatoms. The predicted octanol–water partition coefficient (Wildman–Crippen LogP) is 3.99. The first-order chi connectivity index (χ1) is 8.94. The lowest BCUT2D eigenvalue weighted by Crippen LogP contribution is -2.23. The highest BCUT2D eigenvalue weighted by Crippen LogP contribution is 2.23. The molecule has 0 aliphatic rings. The Bertz CT molecular complexity index is 536. The van der Waals surface area contributed by atoms with E-state index in [1.54, 1.807) is 11.8 Å². The molecule has 0 fully saturated rings. The van der Waals surface area contributed by atoms with Crippen LogP contribution in [0.2, 0.25) is 0 Å². The molecule has 0 spiro atoms. The molecule has 2 aromatic rings. The average Bonchev–Trinajstić information content (AvgIpc) is 2.68. The standard InChI is InChI=1S/C15H19NO2S/c1-15(2,3)18-14(17)8-9-19-13-10-11-6-4-5-7-12(11)16-13/h4-7,10,16H,8-9H2,1-3H3. The summed E-state index contributed by atoms with van der Waals surface area (Å²) in [6.45, 7) is 5.65. The topological polar surface area (TPSA) is 42.1 Å². The number of fused-ring (bicyclic) bond motifs is 1. The second-order valence-electron chi connectivity index (χ2n) is 5.41. The summed E-state index contributed by atoms with van der Waals surface area (Å²) in [4.78, 5) is 14.9. The molecule has 3 nitrogen and oxygen atoms in total. The third-order valence-corrected chi connectivity index (χ3v) is 3.43. The molecule has 102 valence electrons. The van der Waals surface area contributed by atoms with Gasteiger partial charge >= 0.3 is 5.97 Å². The van der Waals surface area contributed by atoms with Gasteiger partial charge in [-0.3, -0.25) is 4.79 Å². The maximum atomic E-state index is 11.6. The summed E-state index contributed by atoms with van der Waals surface area (Å²) in [6.07, 6.45) is 0.428. The van der Waals surface area contributed by atoms with Gasteiger partial charge in [0.25, 0.3) is 0 Å². The highest BCUT2D eigenvalue weighted by Gasteiger charge is 2.15. The third-order valence-electron chi connectivity index (χ3n) is 2.49. The van der Waals surface area contributed by atoms with Gasteiger partial charge in [-0.25, -0.2) is 0 Å². The van der Waals surface area contributed by atoms with E-state index in [0.29, 0.717) is 6.42 Å². The highest BCUT2D eigenvalue weighted by atomic mass is 32.2. The Morgan fingerprint density at radius 1 is 1.32 bits per heavy atom. The molecule has 1 aromatic heterocycles. The molecular weight excluding hydrogens is 258 g/mol. The zero-order valence-corrected chi connectivity index (χ0v) is 12.3. The first-order valence-electron chi connectivity index (χ1n) is 6.36. The molecule has 19 heavy (non-hydrogen) atoms. The Hall–Kier alpha value is -1.42.